The van der Waals surface area contributed by atoms with Gasteiger partial charge in [0.25, 0.3) is 5.69 Å². The number of thiocarbonyl (C=S) groups is 1. The van der Waals surface area contributed by atoms with Gasteiger partial charge in [-0.15, -0.1) is 0 Å². The zero-order valence-corrected chi connectivity index (χ0v) is 10.2. The van der Waals surface area contributed by atoms with E-state index < -0.39 is 4.92 Å². The maximum absolute atomic E-state index is 10.7. The summed E-state index contributed by atoms with van der Waals surface area (Å²) in [5, 5.41) is 17.6. The Morgan fingerprint density at radius 1 is 1.59 bits per heavy atom. The highest BCUT2D eigenvalue weighted by Crippen LogP contribution is 2.18. The average Bonchev–Trinajstić information content (AvgIpc) is 2.30. The fraction of sp³-hybridized carbons (Fsp3) is 0.200. The number of hydrazone groups is 1. The Kier molecular flexibility index (Phi) is 4.53. The lowest BCUT2D eigenvalue weighted by Crippen LogP contribution is -2.28. The van der Waals surface area contributed by atoms with Gasteiger partial charge in [-0.1, -0.05) is 12.1 Å². The Hall–Kier alpha value is -2.02. The third kappa shape index (κ3) is 3.80. The minimum atomic E-state index is -0.418. The number of nitro benzene ring substituents is 1. The number of nitrogens with one attached hydrogen (secondary N) is 2. The molecule has 17 heavy (non-hydrogen) atoms. The van der Waals surface area contributed by atoms with Crippen LogP contribution in [0.25, 0.3) is 0 Å². The Labute approximate surface area is 104 Å². The summed E-state index contributed by atoms with van der Waals surface area (Å²) in [7, 11) is 1.67. The van der Waals surface area contributed by atoms with E-state index in [9.17, 15) is 10.1 Å². The number of hydrogen-bond acceptors (Lipinski definition) is 4. The van der Waals surface area contributed by atoms with E-state index in [1.165, 1.54) is 12.3 Å². The molecule has 0 radical (unpaired) electrons. The molecule has 0 heterocycles. The van der Waals surface area contributed by atoms with Gasteiger partial charge >= 0.3 is 0 Å². The molecule has 0 amide bonds. The van der Waals surface area contributed by atoms with Crippen LogP contribution in [0.2, 0.25) is 0 Å². The van der Waals surface area contributed by atoms with Crippen LogP contribution in [-0.2, 0) is 0 Å². The molecule has 2 N–H and O–H groups in total. The molecule has 7 heteroatoms. The predicted molar refractivity (Wildman–Crippen MR) is 70.2 cm³/mol. The summed E-state index contributed by atoms with van der Waals surface area (Å²) in [6, 6.07) is 4.88. The summed E-state index contributed by atoms with van der Waals surface area (Å²) in [4.78, 5) is 10.3. The van der Waals surface area contributed by atoms with E-state index in [-0.39, 0.29) is 5.69 Å². The lowest BCUT2D eigenvalue weighted by molar-refractivity contribution is -0.385. The van der Waals surface area contributed by atoms with Gasteiger partial charge in [0.05, 0.1) is 11.1 Å². The van der Waals surface area contributed by atoms with Crippen LogP contribution in [0.1, 0.15) is 11.1 Å². The van der Waals surface area contributed by atoms with E-state index in [0.717, 1.165) is 0 Å². The fourth-order valence-corrected chi connectivity index (χ4v) is 1.18. The van der Waals surface area contributed by atoms with Crippen molar-refractivity contribution in [1.82, 2.24) is 10.7 Å². The summed E-state index contributed by atoms with van der Waals surface area (Å²) in [6.07, 6.45) is 1.47. The first-order valence-electron chi connectivity index (χ1n) is 4.80. The lowest BCUT2D eigenvalue weighted by atomic mass is 10.1. The van der Waals surface area contributed by atoms with Gasteiger partial charge in [-0.2, -0.15) is 5.10 Å². The number of rotatable bonds is 3. The standard InChI is InChI=1S/C10H12N4O2S/c1-7-3-4-8(5-9(7)14(15)16)6-12-13-10(17)11-2/h3-6H,1-2H3,(H2,11,13,17). The second kappa shape index (κ2) is 5.90. The number of hydrogen-bond donors (Lipinski definition) is 2. The van der Waals surface area contributed by atoms with Gasteiger partial charge in [0.1, 0.15) is 0 Å². The van der Waals surface area contributed by atoms with Gasteiger partial charge in [-0.3, -0.25) is 15.5 Å². The topological polar surface area (TPSA) is 79.6 Å². The van der Waals surface area contributed by atoms with E-state index in [1.807, 2.05) is 0 Å². The zero-order valence-electron chi connectivity index (χ0n) is 9.43. The number of nitro groups is 1. The van der Waals surface area contributed by atoms with Crippen LogP contribution < -0.4 is 10.7 Å². The van der Waals surface area contributed by atoms with E-state index in [2.05, 4.69) is 15.8 Å². The summed E-state index contributed by atoms with van der Waals surface area (Å²) >= 11 is 4.81. The molecule has 0 aromatic heterocycles. The highest BCUT2D eigenvalue weighted by Gasteiger charge is 2.09. The minimum absolute atomic E-state index is 0.0742. The molecule has 0 saturated carbocycles. The average molecular weight is 252 g/mol. The highest BCUT2D eigenvalue weighted by molar-refractivity contribution is 7.80. The van der Waals surface area contributed by atoms with Crippen molar-refractivity contribution in [2.24, 2.45) is 5.10 Å². The van der Waals surface area contributed by atoms with Gasteiger partial charge in [0.15, 0.2) is 5.11 Å². The molecule has 6 nitrogen and oxygen atoms in total. The first-order chi connectivity index (χ1) is 8.04. The van der Waals surface area contributed by atoms with E-state index >= 15 is 0 Å². The van der Waals surface area contributed by atoms with Crippen LogP contribution in [0.5, 0.6) is 0 Å². The van der Waals surface area contributed by atoms with Gasteiger partial charge in [-0.05, 0) is 19.1 Å². The van der Waals surface area contributed by atoms with Crippen molar-refractivity contribution in [3.05, 3.63) is 39.4 Å². The van der Waals surface area contributed by atoms with Gasteiger partial charge in [0.2, 0.25) is 0 Å². The third-order valence-electron chi connectivity index (χ3n) is 2.04. The van der Waals surface area contributed by atoms with E-state index in [0.29, 0.717) is 16.2 Å². The normalized spacial score (nSPS) is 10.2. The van der Waals surface area contributed by atoms with Crippen LogP contribution in [0.15, 0.2) is 23.3 Å². The van der Waals surface area contributed by atoms with Gasteiger partial charge in [-0.25, -0.2) is 0 Å². The summed E-state index contributed by atoms with van der Waals surface area (Å²) in [5.74, 6) is 0. The number of nitrogens with zero attached hydrogens (tertiary/aromatic N) is 2. The molecule has 0 unspecified atom stereocenters. The molecule has 1 aromatic carbocycles. The van der Waals surface area contributed by atoms with Gasteiger partial charge in [0, 0.05) is 24.2 Å². The highest BCUT2D eigenvalue weighted by atomic mass is 32.1. The molecular weight excluding hydrogens is 240 g/mol. The van der Waals surface area contributed by atoms with Crippen molar-refractivity contribution in [3.8, 4) is 0 Å². The first kappa shape index (κ1) is 13.0. The molecule has 0 aliphatic rings. The van der Waals surface area contributed by atoms with Crippen LogP contribution in [0.3, 0.4) is 0 Å². The Morgan fingerprint density at radius 3 is 2.88 bits per heavy atom. The molecule has 0 aliphatic heterocycles. The molecule has 0 saturated heterocycles. The molecule has 1 aromatic rings. The van der Waals surface area contributed by atoms with Crippen molar-refractivity contribution in [2.45, 2.75) is 6.92 Å². The van der Waals surface area contributed by atoms with Crippen molar-refractivity contribution in [1.29, 1.82) is 0 Å². The summed E-state index contributed by atoms with van der Waals surface area (Å²) < 4.78 is 0. The second-order valence-electron chi connectivity index (χ2n) is 3.25. The molecule has 0 atom stereocenters. The van der Waals surface area contributed by atoms with Crippen LogP contribution in [0, 0.1) is 17.0 Å². The van der Waals surface area contributed by atoms with Crippen molar-refractivity contribution < 1.29 is 4.92 Å². The monoisotopic (exact) mass is 252 g/mol. The SMILES string of the molecule is CNC(=S)NN=Cc1ccc(C)c([N+](=O)[O-])c1. The molecule has 1 rings (SSSR count). The van der Waals surface area contributed by atoms with E-state index in [1.54, 1.807) is 26.1 Å². The Morgan fingerprint density at radius 2 is 2.29 bits per heavy atom. The molecule has 0 aliphatic carbocycles. The fourth-order valence-electron chi connectivity index (χ4n) is 1.12. The molecule has 0 fully saturated rings. The smallest absolute Gasteiger partial charge is 0.272 e. The predicted octanol–water partition coefficient (Wildman–Crippen LogP) is 1.33. The maximum atomic E-state index is 10.7. The molecular formula is C10H12N4O2S. The minimum Gasteiger partial charge on any atom is -0.364 e. The quantitative estimate of drug-likeness (QED) is 0.367. The van der Waals surface area contributed by atoms with Crippen molar-refractivity contribution in [3.63, 3.8) is 0 Å². The second-order valence-corrected chi connectivity index (χ2v) is 3.66. The largest absolute Gasteiger partial charge is 0.364 e. The van der Waals surface area contributed by atoms with Crippen LogP contribution >= 0.6 is 12.2 Å². The van der Waals surface area contributed by atoms with Crippen LogP contribution in [-0.4, -0.2) is 23.3 Å². The number of benzene rings is 1. The molecule has 0 spiro atoms. The Bertz CT molecular complexity index is 473. The molecule has 0 bridgehead atoms. The van der Waals surface area contributed by atoms with Gasteiger partial charge < -0.3 is 5.32 Å². The summed E-state index contributed by atoms with van der Waals surface area (Å²) in [6.45, 7) is 1.69. The molecule has 90 valence electrons. The maximum Gasteiger partial charge on any atom is 0.272 e. The first-order valence-corrected chi connectivity index (χ1v) is 5.21. The number of aryl methyl sites for hydroxylation is 1. The zero-order chi connectivity index (χ0) is 12.8. The lowest BCUT2D eigenvalue weighted by Gasteiger charge is -2.00. The third-order valence-corrected chi connectivity index (χ3v) is 2.33. The van der Waals surface area contributed by atoms with E-state index in [4.69, 9.17) is 12.2 Å². The van der Waals surface area contributed by atoms with Crippen molar-refractivity contribution in [2.75, 3.05) is 7.05 Å². The van der Waals surface area contributed by atoms with Crippen LogP contribution in [0.4, 0.5) is 5.69 Å². The summed E-state index contributed by atoms with van der Waals surface area (Å²) in [5.41, 5.74) is 3.89. The van der Waals surface area contributed by atoms with Crippen molar-refractivity contribution >= 4 is 29.2 Å². The Balaban J connectivity index is 2.82.